The smallest absolute Gasteiger partial charge is 0.303 e. The Bertz CT molecular complexity index is 389. The van der Waals surface area contributed by atoms with E-state index in [2.05, 4.69) is 24.0 Å². The Kier molecular flexibility index (Phi) is 4.18. The van der Waals surface area contributed by atoms with Crippen molar-refractivity contribution in [2.24, 2.45) is 5.92 Å². The van der Waals surface area contributed by atoms with Gasteiger partial charge in [-0.15, -0.1) is 11.3 Å². The van der Waals surface area contributed by atoms with Gasteiger partial charge in [-0.25, -0.2) is 0 Å². The highest BCUT2D eigenvalue weighted by Crippen LogP contribution is 2.23. The van der Waals surface area contributed by atoms with Gasteiger partial charge in [0, 0.05) is 29.3 Å². The molecule has 1 fully saturated rings. The van der Waals surface area contributed by atoms with Crippen molar-refractivity contribution in [1.82, 2.24) is 4.90 Å². The lowest BCUT2D eigenvalue weighted by Gasteiger charge is -2.31. The Morgan fingerprint density at radius 1 is 1.59 bits per heavy atom. The van der Waals surface area contributed by atoms with E-state index < -0.39 is 5.97 Å². The minimum Gasteiger partial charge on any atom is -0.481 e. The number of carboxylic acid groups (broad SMARTS) is 1. The first-order valence-corrected chi connectivity index (χ1v) is 6.94. The van der Waals surface area contributed by atoms with Crippen LogP contribution in [-0.4, -0.2) is 29.1 Å². The van der Waals surface area contributed by atoms with Gasteiger partial charge in [0.25, 0.3) is 0 Å². The lowest BCUT2D eigenvalue weighted by molar-refractivity contribution is -0.138. The first kappa shape index (κ1) is 12.6. The van der Waals surface area contributed by atoms with E-state index in [-0.39, 0.29) is 0 Å². The number of thiophene rings is 1. The van der Waals surface area contributed by atoms with Gasteiger partial charge in [0.2, 0.25) is 0 Å². The molecule has 0 saturated carbocycles. The third-order valence-electron chi connectivity index (χ3n) is 3.24. The highest BCUT2D eigenvalue weighted by molar-refractivity contribution is 7.11. The Morgan fingerprint density at radius 3 is 3.06 bits per heavy atom. The van der Waals surface area contributed by atoms with Crippen molar-refractivity contribution in [3.63, 3.8) is 0 Å². The molecule has 1 unspecified atom stereocenters. The molecule has 2 rings (SSSR count). The summed E-state index contributed by atoms with van der Waals surface area (Å²) in [7, 11) is 0. The molecule has 17 heavy (non-hydrogen) atoms. The molecular weight excluding hydrogens is 234 g/mol. The van der Waals surface area contributed by atoms with Crippen LogP contribution in [0.2, 0.25) is 0 Å². The number of nitrogens with zero attached hydrogens (tertiary/aromatic N) is 1. The van der Waals surface area contributed by atoms with Crippen LogP contribution in [0.1, 0.15) is 29.0 Å². The van der Waals surface area contributed by atoms with Crippen LogP contribution < -0.4 is 0 Å². The van der Waals surface area contributed by atoms with E-state index in [9.17, 15) is 4.79 Å². The number of likely N-dealkylation sites (tertiary alicyclic amines) is 1. The minimum atomic E-state index is -0.663. The van der Waals surface area contributed by atoms with Crippen molar-refractivity contribution in [2.45, 2.75) is 32.7 Å². The summed E-state index contributed by atoms with van der Waals surface area (Å²) in [5.74, 6) is -0.328. The summed E-state index contributed by atoms with van der Waals surface area (Å²) in [4.78, 5) is 15.8. The zero-order chi connectivity index (χ0) is 12.3. The summed E-state index contributed by atoms with van der Waals surface area (Å²) in [6, 6.07) is 4.33. The van der Waals surface area contributed by atoms with E-state index in [0.29, 0.717) is 12.3 Å². The number of rotatable bonds is 4. The van der Waals surface area contributed by atoms with Crippen LogP contribution in [-0.2, 0) is 11.3 Å². The van der Waals surface area contributed by atoms with Gasteiger partial charge in [0.05, 0.1) is 0 Å². The molecule has 1 aliphatic heterocycles. The Balaban J connectivity index is 1.87. The highest BCUT2D eigenvalue weighted by Gasteiger charge is 2.22. The molecule has 1 N–H and O–H groups in total. The quantitative estimate of drug-likeness (QED) is 0.897. The summed E-state index contributed by atoms with van der Waals surface area (Å²) in [6.45, 7) is 5.14. The molecule has 1 saturated heterocycles. The zero-order valence-corrected chi connectivity index (χ0v) is 11.0. The summed E-state index contributed by atoms with van der Waals surface area (Å²) < 4.78 is 0. The normalized spacial score (nSPS) is 21.6. The third-order valence-corrected chi connectivity index (χ3v) is 4.23. The number of aryl methyl sites for hydroxylation is 1. The minimum absolute atomic E-state index is 0.319. The molecule has 3 nitrogen and oxygen atoms in total. The summed E-state index contributed by atoms with van der Waals surface area (Å²) in [5.41, 5.74) is 0. The molecular formula is C13H19NO2S. The van der Waals surface area contributed by atoms with Crippen LogP contribution in [0, 0.1) is 12.8 Å². The molecule has 0 spiro atoms. The molecule has 1 aliphatic rings. The lowest BCUT2D eigenvalue weighted by Crippen LogP contribution is -2.35. The molecule has 1 aromatic heterocycles. The molecule has 0 amide bonds. The van der Waals surface area contributed by atoms with Gasteiger partial charge in [-0.3, -0.25) is 9.69 Å². The first-order chi connectivity index (χ1) is 8.13. The van der Waals surface area contributed by atoms with Gasteiger partial charge >= 0.3 is 5.97 Å². The van der Waals surface area contributed by atoms with Crippen LogP contribution in [0.15, 0.2) is 12.1 Å². The fourth-order valence-electron chi connectivity index (χ4n) is 2.50. The van der Waals surface area contributed by atoms with Crippen LogP contribution in [0.25, 0.3) is 0 Å². The standard InChI is InChI=1S/C13H19NO2S/c1-10-4-5-12(17-10)9-14-6-2-3-11(8-14)7-13(15)16/h4-5,11H,2-3,6-9H2,1H3,(H,15,16). The highest BCUT2D eigenvalue weighted by atomic mass is 32.1. The maximum atomic E-state index is 10.7. The molecule has 0 bridgehead atoms. The number of hydrogen-bond acceptors (Lipinski definition) is 3. The summed E-state index contributed by atoms with van der Waals surface area (Å²) in [5, 5.41) is 8.83. The average Bonchev–Trinajstić information content (AvgIpc) is 2.63. The number of piperidine rings is 1. The number of carboxylic acids is 1. The largest absolute Gasteiger partial charge is 0.481 e. The van der Waals surface area contributed by atoms with Gasteiger partial charge in [0.1, 0.15) is 0 Å². The van der Waals surface area contributed by atoms with E-state index in [1.807, 2.05) is 11.3 Å². The van der Waals surface area contributed by atoms with Crippen molar-refractivity contribution in [3.05, 3.63) is 21.9 Å². The van der Waals surface area contributed by atoms with Gasteiger partial charge in [-0.2, -0.15) is 0 Å². The molecule has 1 aromatic rings. The number of hydrogen-bond donors (Lipinski definition) is 1. The second kappa shape index (κ2) is 5.65. The maximum absolute atomic E-state index is 10.7. The van der Waals surface area contributed by atoms with E-state index in [1.165, 1.54) is 9.75 Å². The van der Waals surface area contributed by atoms with Crippen molar-refractivity contribution < 1.29 is 9.90 Å². The van der Waals surface area contributed by atoms with E-state index in [1.54, 1.807) is 0 Å². The second-order valence-corrected chi connectivity index (χ2v) is 6.23. The molecule has 1 atom stereocenters. The van der Waals surface area contributed by atoms with Gasteiger partial charge in [-0.1, -0.05) is 0 Å². The SMILES string of the molecule is Cc1ccc(CN2CCCC(CC(=O)O)C2)s1. The first-order valence-electron chi connectivity index (χ1n) is 6.13. The Morgan fingerprint density at radius 2 is 2.41 bits per heavy atom. The van der Waals surface area contributed by atoms with Crippen LogP contribution >= 0.6 is 11.3 Å². The molecule has 0 radical (unpaired) electrons. The number of carbonyl (C=O) groups is 1. The van der Waals surface area contributed by atoms with Crippen LogP contribution in [0.4, 0.5) is 0 Å². The second-order valence-electron chi connectivity index (χ2n) is 4.85. The van der Waals surface area contributed by atoms with E-state index in [4.69, 9.17) is 5.11 Å². The van der Waals surface area contributed by atoms with Crippen LogP contribution in [0.5, 0.6) is 0 Å². The van der Waals surface area contributed by atoms with E-state index in [0.717, 1.165) is 32.5 Å². The monoisotopic (exact) mass is 253 g/mol. The Labute approximate surface area is 106 Å². The molecule has 0 aromatic carbocycles. The average molecular weight is 253 g/mol. The van der Waals surface area contributed by atoms with Crippen molar-refractivity contribution in [3.8, 4) is 0 Å². The number of aliphatic carboxylic acids is 1. The topological polar surface area (TPSA) is 40.5 Å². The van der Waals surface area contributed by atoms with Crippen molar-refractivity contribution in [1.29, 1.82) is 0 Å². The zero-order valence-electron chi connectivity index (χ0n) is 10.2. The van der Waals surface area contributed by atoms with E-state index >= 15 is 0 Å². The van der Waals surface area contributed by atoms with Crippen molar-refractivity contribution >= 4 is 17.3 Å². The van der Waals surface area contributed by atoms with Crippen LogP contribution in [0.3, 0.4) is 0 Å². The summed E-state index contributed by atoms with van der Waals surface area (Å²) in [6.07, 6.45) is 2.51. The summed E-state index contributed by atoms with van der Waals surface area (Å²) >= 11 is 1.84. The van der Waals surface area contributed by atoms with Gasteiger partial charge < -0.3 is 5.11 Å². The predicted molar refractivity (Wildman–Crippen MR) is 69.3 cm³/mol. The van der Waals surface area contributed by atoms with Crippen molar-refractivity contribution in [2.75, 3.05) is 13.1 Å². The molecule has 4 heteroatoms. The Hall–Kier alpha value is -0.870. The molecule has 2 heterocycles. The third kappa shape index (κ3) is 3.82. The van der Waals surface area contributed by atoms with Gasteiger partial charge in [-0.05, 0) is 44.4 Å². The maximum Gasteiger partial charge on any atom is 0.303 e. The van der Waals surface area contributed by atoms with Gasteiger partial charge in [0.15, 0.2) is 0 Å². The fraction of sp³-hybridized carbons (Fsp3) is 0.615. The molecule has 0 aliphatic carbocycles. The lowest BCUT2D eigenvalue weighted by atomic mass is 9.95. The predicted octanol–water partition coefficient (Wildman–Crippen LogP) is 2.74. The fourth-order valence-corrected chi connectivity index (χ4v) is 3.43. The molecule has 94 valence electrons.